The SMILES string of the molecule is CC(NC(=O)C1CCCN(C(=O)N2CCCC2)C1)C(=O)O. The van der Waals surface area contributed by atoms with Crippen molar-refractivity contribution in [3.8, 4) is 0 Å². The lowest BCUT2D eigenvalue weighted by Gasteiger charge is -2.34. The van der Waals surface area contributed by atoms with E-state index in [1.165, 1.54) is 6.92 Å². The van der Waals surface area contributed by atoms with E-state index >= 15 is 0 Å². The fraction of sp³-hybridized carbons (Fsp3) is 0.786. The third-order valence-corrected chi connectivity index (χ3v) is 4.17. The maximum absolute atomic E-state index is 12.3. The zero-order chi connectivity index (χ0) is 15.4. The molecule has 7 nitrogen and oxygen atoms in total. The fourth-order valence-corrected chi connectivity index (χ4v) is 2.87. The first-order valence-electron chi connectivity index (χ1n) is 7.56. The van der Waals surface area contributed by atoms with Crippen molar-refractivity contribution in [1.29, 1.82) is 0 Å². The molecule has 0 spiro atoms. The highest BCUT2D eigenvalue weighted by molar-refractivity contribution is 5.85. The largest absolute Gasteiger partial charge is 0.480 e. The number of carbonyl (C=O) groups excluding carboxylic acids is 2. The molecular formula is C14H23N3O4. The summed E-state index contributed by atoms with van der Waals surface area (Å²) in [5.41, 5.74) is 0. The molecule has 2 saturated heterocycles. The normalized spacial score (nSPS) is 23.8. The second-order valence-electron chi connectivity index (χ2n) is 5.83. The maximum atomic E-state index is 12.3. The molecule has 21 heavy (non-hydrogen) atoms. The first-order chi connectivity index (χ1) is 9.99. The summed E-state index contributed by atoms with van der Waals surface area (Å²) in [5.74, 6) is -1.64. The molecule has 3 amide bonds. The van der Waals surface area contributed by atoms with Crippen LogP contribution in [0.1, 0.15) is 32.6 Å². The Hall–Kier alpha value is -1.79. The summed E-state index contributed by atoms with van der Waals surface area (Å²) in [4.78, 5) is 38.7. The maximum Gasteiger partial charge on any atom is 0.325 e. The number of nitrogens with one attached hydrogen (secondary N) is 1. The number of carbonyl (C=O) groups is 3. The van der Waals surface area contributed by atoms with E-state index in [4.69, 9.17) is 5.11 Å². The van der Waals surface area contributed by atoms with E-state index in [0.29, 0.717) is 19.5 Å². The van der Waals surface area contributed by atoms with Crippen molar-refractivity contribution >= 4 is 17.9 Å². The highest BCUT2D eigenvalue weighted by Gasteiger charge is 2.32. The Morgan fingerprint density at radius 2 is 1.71 bits per heavy atom. The van der Waals surface area contributed by atoms with Crippen molar-refractivity contribution < 1.29 is 19.5 Å². The highest BCUT2D eigenvalue weighted by atomic mass is 16.4. The fourth-order valence-electron chi connectivity index (χ4n) is 2.87. The second kappa shape index (κ2) is 6.78. The molecule has 2 N–H and O–H groups in total. The summed E-state index contributed by atoms with van der Waals surface area (Å²) in [7, 11) is 0. The molecule has 7 heteroatoms. The van der Waals surface area contributed by atoms with Gasteiger partial charge in [-0.05, 0) is 32.6 Å². The van der Waals surface area contributed by atoms with Gasteiger partial charge in [-0.2, -0.15) is 0 Å². The van der Waals surface area contributed by atoms with Crippen LogP contribution in [-0.2, 0) is 9.59 Å². The molecule has 2 heterocycles. The molecule has 0 bridgehead atoms. The number of amides is 3. The molecule has 2 aliphatic heterocycles. The number of carboxylic acids is 1. The number of likely N-dealkylation sites (tertiary alicyclic amines) is 2. The molecule has 0 radical (unpaired) electrons. The predicted octanol–water partition coefficient (Wildman–Crippen LogP) is 0.504. The van der Waals surface area contributed by atoms with E-state index in [1.807, 2.05) is 4.90 Å². The van der Waals surface area contributed by atoms with E-state index in [2.05, 4.69) is 5.32 Å². The molecule has 0 aromatic rings. The number of urea groups is 1. The van der Waals surface area contributed by atoms with Crippen LogP contribution in [0, 0.1) is 5.92 Å². The summed E-state index contributed by atoms with van der Waals surface area (Å²) in [6, 6.07) is -0.890. The molecule has 0 aliphatic carbocycles. The van der Waals surface area contributed by atoms with Crippen molar-refractivity contribution in [3.05, 3.63) is 0 Å². The number of rotatable bonds is 3. The highest BCUT2D eigenvalue weighted by Crippen LogP contribution is 2.20. The summed E-state index contributed by atoms with van der Waals surface area (Å²) in [6.07, 6.45) is 3.56. The van der Waals surface area contributed by atoms with Crippen molar-refractivity contribution in [2.75, 3.05) is 26.2 Å². The van der Waals surface area contributed by atoms with Crippen molar-refractivity contribution in [2.24, 2.45) is 5.92 Å². The van der Waals surface area contributed by atoms with Gasteiger partial charge in [0.2, 0.25) is 5.91 Å². The Labute approximate surface area is 124 Å². The van der Waals surface area contributed by atoms with Gasteiger partial charge in [-0.3, -0.25) is 9.59 Å². The Bertz CT molecular complexity index is 420. The number of aliphatic carboxylic acids is 1. The number of piperidine rings is 1. The van der Waals surface area contributed by atoms with E-state index in [9.17, 15) is 14.4 Å². The van der Waals surface area contributed by atoms with Crippen LogP contribution in [0.5, 0.6) is 0 Å². The van der Waals surface area contributed by atoms with Crippen molar-refractivity contribution in [1.82, 2.24) is 15.1 Å². The number of hydrogen-bond donors (Lipinski definition) is 2. The quantitative estimate of drug-likeness (QED) is 0.794. The van der Waals surface area contributed by atoms with Gasteiger partial charge in [0, 0.05) is 26.2 Å². The van der Waals surface area contributed by atoms with Gasteiger partial charge in [-0.15, -0.1) is 0 Å². The molecule has 2 aliphatic rings. The smallest absolute Gasteiger partial charge is 0.325 e. The molecule has 2 atom stereocenters. The summed E-state index contributed by atoms with van der Waals surface area (Å²) < 4.78 is 0. The van der Waals surface area contributed by atoms with Crippen LogP contribution in [0.25, 0.3) is 0 Å². The average Bonchev–Trinajstić information content (AvgIpc) is 3.00. The first kappa shape index (κ1) is 15.6. The van der Waals surface area contributed by atoms with Crippen molar-refractivity contribution in [3.63, 3.8) is 0 Å². The minimum atomic E-state index is -1.05. The van der Waals surface area contributed by atoms with Crippen LogP contribution in [0.2, 0.25) is 0 Å². The number of nitrogens with zero attached hydrogens (tertiary/aromatic N) is 2. The second-order valence-corrected chi connectivity index (χ2v) is 5.83. The van der Waals surface area contributed by atoms with Gasteiger partial charge < -0.3 is 20.2 Å². The molecule has 2 fully saturated rings. The molecular weight excluding hydrogens is 274 g/mol. The van der Waals surface area contributed by atoms with Crippen LogP contribution in [0.3, 0.4) is 0 Å². The van der Waals surface area contributed by atoms with E-state index in [1.54, 1.807) is 4.90 Å². The lowest BCUT2D eigenvalue weighted by atomic mass is 9.97. The molecule has 118 valence electrons. The zero-order valence-electron chi connectivity index (χ0n) is 12.4. The topological polar surface area (TPSA) is 90.0 Å². The molecule has 0 aromatic carbocycles. The number of hydrogen-bond acceptors (Lipinski definition) is 3. The van der Waals surface area contributed by atoms with Crippen LogP contribution in [0.4, 0.5) is 4.79 Å². The van der Waals surface area contributed by atoms with E-state index in [0.717, 1.165) is 32.4 Å². The Balaban J connectivity index is 1.89. The third-order valence-electron chi connectivity index (χ3n) is 4.17. The van der Waals surface area contributed by atoms with Crippen LogP contribution >= 0.6 is 0 Å². The molecule has 2 unspecified atom stereocenters. The average molecular weight is 297 g/mol. The van der Waals surface area contributed by atoms with Gasteiger partial charge in [0.1, 0.15) is 6.04 Å². The Morgan fingerprint density at radius 1 is 1.10 bits per heavy atom. The number of carboxylic acid groups (broad SMARTS) is 1. The van der Waals surface area contributed by atoms with Gasteiger partial charge in [-0.25, -0.2) is 4.79 Å². The van der Waals surface area contributed by atoms with E-state index in [-0.39, 0.29) is 17.9 Å². The predicted molar refractivity (Wildman–Crippen MR) is 75.7 cm³/mol. The lowest BCUT2D eigenvalue weighted by Crippen LogP contribution is -2.51. The summed E-state index contributed by atoms with van der Waals surface area (Å²) >= 11 is 0. The van der Waals surface area contributed by atoms with Gasteiger partial charge in [0.25, 0.3) is 0 Å². The van der Waals surface area contributed by atoms with Gasteiger partial charge >= 0.3 is 12.0 Å². The van der Waals surface area contributed by atoms with Gasteiger partial charge in [-0.1, -0.05) is 0 Å². The Kier molecular flexibility index (Phi) is 5.03. The van der Waals surface area contributed by atoms with Gasteiger partial charge in [0.05, 0.1) is 5.92 Å². The van der Waals surface area contributed by atoms with Crippen LogP contribution in [-0.4, -0.2) is 65.0 Å². The zero-order valence-corrected chi connectivity index (χ0v) is 12.4. The third kappa shape index (κ3) is 3.86. The lowest BCUT2D eigenvalue weighted by molar-refractivity contribution is -0.142. The standard InChI is InChI=1S/C14H23N3O4/c1-10(13(19)20)15-12(18)11-5-4-8-17(9-11)14(21)16-6-2-3-7-16/h10-11H,2-9H2,1H3,(H,15,18)(H,19,20). The van der Waals surface area contributed by atoms with Crippen LogP contribution in [0.15, 0.2) is 0 Å². The first-order valence-corrected chi connectivity index (χ1v) is 7.56. The Morgan fingerprint density at radius 3 is 2.33 bits per heavy atom. The summed E-state index contributed by atoms with van der Waals surface area (Å²) in [5, 5.41) is 11.3. The van der Waals surface area contributed by atoms with Crippen LogP contribution < -0.4 is 5.32 Å². The minimum Gasteiger partial charge on any atom is -0.480 e. The van der Waals surface area contributed by atoms with E-state index < -0.39 is 12.0 Å². The van der Waals surface area contributed by atoms with Gasteiger partial charge in [0.15, 0.2) is 0 Å². The molecule has 0 saturated carbocycles. The van der Waals surface area contributed by atoms with Crippen molar-refractivity contribution in [2.45, 2.75) is 38.6 Å². The monoisotopic (exact) mass is 297 g/mol. The summed E-state index contributed by atoms with van der Waals surface area (Å²) in [6.45, 7) is 4.09. The molecule has 2 rings (SSSR count). The minimum absolute atomic E-state index is 0.0104. The molecule has 0 aromatic heterocycles.